The van der Waals surface area contributed by atoms with Crippen LogP contribution in [0.25, 0.3) is 0 Å². The molecular formula is C9H13NO. The molecule has 0 fully saturated rings. The topological polar surface area (TPSA) is 44.1 Å². The molecule has 1 aromatic carbocycles. The van der Waals surface area contributed by atoms with Crippen molar-refractivity contribution < 1.29 is 5.11 Å². The fourth-order valence-corrected chi connectivity index (χ4v) is 0.791. The lowest BCUT2D eigenvalue weighted by molar-refractivity contribution is 0.474. The van der Waals surface area contributed by atoms with Gasteiger partial charge in [0, 0.05) is 11.3 Å². The molecule has 0 saturated carbocycles. The minimum absolute atomic E-state index is 0. The van der Waals surface area contributed by atoms with Gasteiger partial charge in [-0.05, 0) is 19.1 Å². The highest BCUT2D eigenvalue weighted by Gasteiger charge is 1.98. The zero-order valence-corrected chi connectivity index (χ0v) is 5.76. The molecule has 11 heavy (non-hydrogen) atoms. The molecule has 0 amide bonds. The van der Waals surface area contributed by atoms with Crippen LogP contribution in [0.15, 0.2) is 24.3 Å². The maximum atomic E-state index is 9.14. The van der Waals surface area contributed by atoms with Gasteiger partial charge >= 0.3 is 0 Å². The second-order valence-electron chi connectivity index (χ2n) is 2.14. The summed E-state index contributed by atoms with van der Waals surface area (Å²) >= 11 is 0. The lowest BCUT2D eigenvalue weighted by Gasteiger charge is -1.98. The first-order valence-electron chi connectivity index (χ1n) is 3.05. The summed E-state index contributed by atoms with van der Waals surface area (Å²) in [5, 5.41) is 16.4. The molecule has 0 spiro atoms. The molecule has 1 rings (SSSR count). The number of rotatable bonds is 1. The summed E-state index contributed by atoms with van der Waals surface area (Å²) in [6, 6.07) is 6.83. The van der Waals surface area contributed by atoms with Crippen LogP contribution in [0.2, 0.25) is 0 Å². The monoisotopic (exact) mass is 151 g/mol. The number of para-hydroxylation sites is 1. The lowest BCUT2D eigenvalue weighted by atomic mass is 10.1. The molecule has 0 atom stereocenters. The van der Waals surface area contributed by atoms with Crippen LogP contribution in [0.5, 0.6) is 5.75 Å². The molecule has 2 nitrogen and oxygen atoms in total. The van der Waals surface area contributed by atoms with E-state index in [2.05, 4.69) is 0 Å². The summed E-state index contributed by atoms with van der Waals surface area (Å²) in [5.74, 6) is 0.176. The van der Waals surface area contributed by atoms with Crippen molar-refractivity contribution in [3.05, 3.63) is 29.8 Å². The van der Waals surface area contributed by atoms with E-state index in [1.165, 1.54) is 0 Å². The summed E-state index contributed by atoms with van der Waals surface area (Å²) in [7, 11) is 0. The van der Waals surface area contributed by atoms with E-state index >= 15 is 0 Å². The fraction of sp³-hybridized carbons (Fsp3) is 0.222. The van der Waals surface area contributed by atoms with Crippen LogP contribution in [-0.4, -0.2) is 10.8 Å². The third kappa shape index (κ3) is 2.08. The van der Waals surface area contributed by atoms with Crippen molar-refractivity contribution in [2.24, 2.45) is 0 Å². The highest BCUT2D eigenvalue weighted by Crippen LogP contribution is 2.15. The van der Waals surface area contributed by atoms with Gasteiger partial charge in [-0.25, -0.2) is 0 Å². The Bertz CT molecular complexity index is 255. The van der Waals surface area contributed by atoms with Crippen LogP contribution in [-0.2, 0) is 0 Å². The van der Waals surface area contributed by atoms with Gasteiger partial charge in [-0.3, -0.25) is 0 Å². The minimum Gasteiger partial charge on any atom is -0.507 e. The van der Waals surface area contributed by atoms with Gasteiger partial charge in [0.1, 0.15) is 5.75 Å². The molecule has 0 aromatic heterocycles. The maximum absolute atomic E-state index is 9.14. The van der Waals surface area contributed by atoms with Crippen molar-refractivity contribution in [1.82, 2.24) is 0 Å². The summed E-state index contributed by atoms with van der Waals surface area (Å²) in [4.78, 5) is 0. The van der Waals surface area contributed by atoms with Crippen molar-refractivity contribution in [1.29, 1.82) is 5.41 Å². The lowest BCUT2D eigenvalue weighted by Crippen LogP contribution is -1.90. The zero-order chi connectivity index (χ0) is 7.56. The average Bonchev–Trinajstić information content (AvgIpc) is 1.88. The number of phenolic OH excluding ortho intramolecular Hbond substituents is 1. The molecule has 0 bridgehead atoms. The molecule has 2 N–H and O–H groups in total. The van der Waals surface area contributed by atoms with Crippen LogP contribution in [0.4, 0.5) is 0 Å². The van der Waals surface area contributed by atoms with Crippen LogP contribution in [0.3, 0.4) is 0 Å². The van der Waals surface area contributed by atoms with Crippen molar-refractivity contribution in [2.75, 3.05) is 0 Å². The van der Waals surface area contributed by atoms with Gasteiger partial charge < -0.3 is 10.5 Å². The number of hydrogen-bond acceptors (Lipinski definition) is 2. The normalized spacial score (nSPS) is 8.45. The molecule has 60 valence electrons. The summed E-state index contributed by atoms with van der Waals surface area (Å²) in [5.41, 5.74) is 0.987. The molecule has 0 radical (unpaired) electrons. The molecule has 0 aliphatic rings. The van der Waals surface area contributed by atoms with E-state index in [1.54, 1.807) is 31.2 Å². The van der Waals surface area contributed by atoms with E-state index in [0.29, 0.717) is 11.3 Å². The predicted molar refractivity (Wildman–Crippen MR) is 47.3 cm³/mol. The van der Waals surface area contributed by atoms with Crippen molar-refractivity contribution >= 4 is 5.71 Å². The molecule has 0 saturated heterocycles. The third-order valence-electron chi connectivity index (χ3n) is 1.31. The second kappa shape index (κ2) is 3.76. The first kappa shape index (κ1) is 9.69. The Labute approximate surface area is 67.0 Å². The van der Waals surface area contributed by atoms with Gasteiger partial charge in [0.05, 0.1) is 0 Å². The van der Waals surface area contributed by atoms with Crippen LogP contribution < -0.4 is 0 Å². The average molecular weight is 151 g/mol. The van der Waals surface area contributed by atoms with Crippen LogP contribution >= 0.6 is 0 Å². The highest BCUT2D eigenvalue weighted by atomic mass is 16.3. The molecular weight excluding hydrogens is 138 g/mol. The highest BCUT2D eigenvalue weighted by molar-refractivity contribution is 5.98. The van der Waals surface area contributed by atoms with Crippen LogP contribution in [0.1, 0.15) is 19.9 Å². The Morgan fingerprint density at radius 3 is 2.27 bits per heavy atom. The van der Waals surface area contributed by atoms with E-state index in [9.17, 15) is 0 Å². The Morgan fingerprint density at radius 1 is 1.36 bits per heavy atom. The number of phenols is 1. The van der Waals surface area contributed by atoms with E-state index in [4.69, 9.17) is 10.5 Å². The Kier molecular flexibility index (Phi) is 3.31. The Morgan fingerprint density at radius 2 is 1.91 bits per heavy atom. The van der Waals surface area contributed by atoms with Crippen LogP contribution in [0, 0.1) is 5.41 Å². The van der Waals surface area contributed by atoms with Crippen molar-refractivity contribution in [2.45, 2.75) is 14.4 Å². The van der Waals surface area contributed by atoms with Gasteiger partial charge in [0.15, 0.2) is 0 Å². The van der Waals surface area contributed by atoms with E-state index in [0.717, 1.165) is 0 Å². The van der Waals surface area contributed by atoms with Gasteiger partial charge in [0.25, 0.3) is 0 Å². The smallest absolute Gasteiger partial charge is 0.124 e. The quantitative estimate of drug-likeness (QED) is 0.595. The van der Waals surface area contributed by atoms with Gasteiger partial charge in [0.2, 0.25) is 0 Å². The molecule has 0 heterocycles. The first-order chi connectivity index (χ1) is 4.72. The predicted octanol–water partition coefficient (Wildman–Crippen LogP) is 2.42. The summed E-state index contributed by atoms with van der Waals surface area (Å²) < 4.78 is 0. The van der Waals surface area contributed by atoms with E-state index in [1.807, 2.05) is 0 Å². The van der Waals surface area contributed by atoms with Gasteiger partial charge in [-0.1, -0.05) is 19.6 Å². The second-order valence-corrected chi connectivity index (χ2v) is 2.14. The van der Waals surface area contributed by atoms with E-state index in [-0.39, 0.29) is 13.2 Å². The number of benzene rings is 1. The summed E-state index contributed by atoms with van der Waals surface area (Å²) in [6.45, 7) is 1.65. The SMILES string of the molecule is C.CC(=N)c1ccccc1O. The van der Waals surface area contributed by atoms with Crippen molar-refractivity contribution in [3.8, 4) is 5.75 Å². The Balaban J connectivity index is 0.000001000. The standard InChI is InChI=1S/C8H9NO.CH4/c1-6(9)7-4-2-3-5-8(7)10;/h2-5,9-10H,1H3;1H4. The molecule has 0 aliphatic carbocycles. The van der Waals surface area contributed by atoms with Gasteiger partial charge in [-0.15, -0.1) is 0 Å². The third-order valence-corrected chi connectivity index (χ3v) is 1.31. The number of nitrogens with one attached hydrogen (secondary N) is 1. The van der Waals surface area contributed by atoms with E-state index < -0.39 is 0 Å². The Hall–Kier alpha value is -1.31. The first-order valence-corrected chi connectivity index (χ1v) is 3.05. The number of aromatic hydroxyl groups is 1. The number of hydrogen-bond donors (Lipinski definition) is 2. The largest absolute Gasteiger partial charge is 0.507 e. The maximum Gasteiger partial charge on any atom is 0.124 e. The molecule has 0 unspecified atom stereocenters. The molecule has 0 aliphatic heterocycles. The minimum atomic E-state index is 0. The molecule has 1 aromatic rings. The molecule has 2 heteroatoms. The van der Waals surface area contributed by atoms with Crippen molar-refractivity contribution in [3.63, 3.8) is 0 Å². The summed E-state index contributed by atoms with van der Waals surface area (Å²) in [6.07, 6.45) is 0. The fourth-order valence-electron chi connectivity index (χ4n) is 0.791. The van der Waals surface area contributed by atoms with Gasteiger partial charge in [-0.2, -0.15) is 0 Å². The zero-order valence-electron chi connectivity index (χ0n) is 5.76.